The summed E-state index contributed by atoms with van der Waals surface area (Å²) in [6, 6.07) is 1.93. The molecule has 1 saturated heterocycles. The van der Waals surface area contributed by atoms with Crippen molar-refractivity contribution in [1.29, 1.82) is 5.26 Å². The highest BCUT2D eigenvalue weighted by Gasteiger charge is 2.09. The van der Waals surface area contributed by atoms with E-state index in [2.05, 4.69) is 11.8 Å². The van der Waals surface area contributed by atoms with Gasteiger partial charge < -0.3 is 9.64 Å². The van der Waals surface area contributed by atoms with Crippen LogP contribution in [0.2, 0.25) is 0 Å². The molecule has 0 N–H and O–H groups in total. The van der Waals surface area contributed by atoms with E-state index in [-0.39, 0.29) is 5.57 Å². The van der Waals surface area contributed by atoms with E-state index in [0.717, 1.165) is 25.9 Å². The van der Waals surface area contributed by atoms with Gasteiger partial charge in [0.15, 0.2) is 0 Å². The maximum Gasteiger partial charge on any atom is 0.348 e. The van der Waals surface area contributed by atoms with Crippen molar-refractivity contribution in [3.63, 3.8) is 0 Å². The summed E-state index contributed by atoms with van der Waals surface area (Å²) in [5, 5.41) is 9.07. The molecule has 0 radical (unpaired) electrons. The number of hydrogen-bond acceptors (Lipinski definition) is 4. The standard InChI is InChI=1S/C19H30N2O2/c1-2-3-4-5-6-10-16-23-19(22)18(17-20)12-11-15-21-13-8-7-9-14-21/h11-12,15H,2-10,13-14,16H2,1H3/b15-11+,18-12-. The molecule has 1 rings (SSSR count). The van der Waals surface area contributed by atoms with E-state index in [1.54, 1.807) is 12.2 Å². The average molecular weight is 318 g/mol. The van der Waals surface area contributed by atoms with Crippen LogP contribution in [0, 0.1) is 11.3 Å². The molecule has 0 saturated carbocycles. The minimum absolute atomic E-state index is 0.0734. The number of nitrogens with zero attached hydrogens (tertiary/aromatic N) is 2. The molecule has 1 heterocycles. The molecule has 4 nitrogen and oxygen atoms in total. The minimum atomic E-state index is -0.510. The van der Waals surface area contributed by atoms with E-state index >= 15 is 0 Å². The van der Waals surface area contributed by atoms with Crippen molar-refractivity contribution < 1.29 is 9.53 Å². The van der Waals surface area contributed by atoms with Gasteiger partial charge in [-0.1, -0.05) is 39.0 Å². The predicted octanol–water partition coefficient (Wildman–Crippen LogP) is 4.34. The number of piperidine rings is 1. The van der Waals surface area contributed by atoms with Crippen molar-refractivity contribution in [2.24, 2.45) is 0 Å². The third kappa shape index (κ3) is 9.07. The molecule has 128 valence electrons. The van der Waals surface area contributed by atoms with Crippen LogP contribution in [-0.2, 0) is 9.53 Å². The lowest BCUT2D eigenvalue weighted by atomic mass is 10.1. The quantitative estimate of drug-likeness (QED) is 0.198. The molecule has 23 heavy (non-hydrogen) atoms. The van der Waals surface area contributed by atoms with Gasteiger partial charge in [0.05, 0.1) is 6.61 Å². The SMILES string of the molecule is CCCCCCCCOC(=O)/C(C#N)=C\C=C\N1CCCCC1. The number of allylic oxidation sites excluding steroid dienone is 2. The normalized spacial score (nSPS) is 15.7. The van der Waals surface area contributed by atoms with Crippen LogP contribution in [0.1, 0.15) is 64.7 Å². The van der Waals surface area contributed by atoms with Gasteiger partial charge in [-0.05, 0) is 44.0 Å². The number of rotatable bonds is 10. The van der Waals surface area contributed by atoms with Gasteiger partial charge in [-0.15, -0.1) is 0 Å². The smallest absolute Gasteiger partial charge is 0.348 e. The molecule has 1 fully saturated rings. The Kier molecular flexibility index (Phi) is 10.7. The summed E-state index contributed by atoms with van der Waals surface area (Å²) < 4.78 is 5.17. The Hall–Kier alpha value is -1.76. The van der Waals surface area contributed by atoms with Crippen molar-refractivity contribution >= 4 is 5.97 Å². The first-order chi connectivity index (χ1) is 11.3. The molecule has 0 amide bonds. The molecule has 0 aromatic rings. The highest BCUT2D eigenvalue weighted by molar-refractivity contribution is 5.93. The zero-order chi connectivity index (χ0) is 16.8. The first-order valence-electron chi connectivity index (χ1n) is 8.97. The summed E-state index contributed by atoms with van der Waals surface area (Å²) in [6.07, 6.45) is 15.9. The molecule has 4 heteroatoms. The molecule has 0 aromatic carbocycles. The van der Waals surface area contributed by atoms with E-state index in [0.29, 0.717) is 6.61 Å². The topological polar surface area (TPSA) is 53.3 Å². The Balaban J connectivity index is 2.24. The molecule has 1 aliphatic heterocycles. The second-order valence-electron chi connectivity index (χ2n) is 6.03. The maximum atomic E-state index is 11.8. The van der Waals surface area contributed by atoms with E-state index in [4.69, 9.17) is 10.00 Å². The molecule has 0 aliphatic carbocycles. The summed E-state index contributed by atoms with van der Waals surface area (Å²) in [5.74, 6) is -0.510. The number of ether oxygens (including phenoxy) is 1. The fourth-order valence-electron chi connectivity index (χ4n) is 2.60. The Morgan fingerprint density at radius 2 is 1.83 bits per heavy atom. The Bertz CT molecular complexity index is 429. The van der Waals surface area contributed by atoms with Crippen molar-refractivity contribution in [2.45, 2.75) is 64.7 Å². The van der Waals surface area contributed by atoms with Gasteiger partial charge in [0.25, 0.3) is 0 Å². The summed E-state index contributed by atoms with van der Waals surface area (Å²) in [7, 11) is 0. The van der Waals surface area contributed by atoms with Crippen LogP contribution in [0.15, 0.2) is 23.9 Å². The monoisotopic (exact) mass is 318 g/mol. The highest BCUT2D eigenvalue weighted by atomic mass is 16.5. The lowest BCUT2D eigenvalue weighted by Gasteiger charge is -2.24. The number of likely N-dealkylation sites (tertiary alicyclic amines) is 1. The first kappa shape index (κ1) is 19.3. The van der Waals surface area contributed by atoms with Crippen molar-refractivity contribution in [3.8, 4) is 6.07 Å². The van der Waals surface area contributed by atoms with Crippen molar-refractivity contribution in [3.05, 3.63) is 23.9 Å². The lowest BCUT2D eigenvalue weighted by molar-refractivity contribution is -0.138. The fraction of sp³-hybridized carbons (Fsp3) is 0.684. The van der Waals surface area contributed by atoms with Crippen LogP contribution in [0.25, 0.3) is 0 Å². The summed E-state index contributed by atoms with van der Waals surface area (Å²) >= 11 is 0. The van der Waals surface area contributed by atoms with Crippen molar-refractivity contribution in [1.82, 2.24) is 4.90 Å². The van der Waals surface area contributed by atoms with Crippen LogP contribution in [-0.4, -0.2) is 30.6 Å². The Morgan fingerprint density at radius 3 is 2.52 bits per heavy atom. The number of hydrogen-bond donors (Lipinski definition) is 0. The second-order valence-corrected chi connectivity index (χ2v) is 6.03. The zero-order valence-electron chi connectivity index (χ0n) is 14.4. The molecule has 0 unspecified atom stereocenters. The van der Waals surface area contributed by atoms with Crippen LogP contribution in [0.4, 0.5) is 0 Å². The van der Waals surface area contributed by atoms with Gasteiger partial charge >= 0.3 is 5.97 Å². The van der Waals surface area contributed by atoms with Crippen LogP contribution >= 0.6 is 0 Å². The molecule has 0 bridgehead atoms. The number of esters is 1. The number of unbranched alkanes of at least 4 members (excludes halogenated alkanes) is 5. The first-order valence-corrected chi connectivity index (χ1v) is 8.97. The second kappa shape index (κ2) is 12.8. The average Bonchev–Trinajstić information content (AvgIpc) is 2.58. The van der Waals surface area contributed by atoms with Crippen LogP contribution in [0.3, 0.4) is 0 Å². The highest BCUT2D eigenvalue weighted by Crippen LogP contribution is 2.09. The largest absolute Gasteiger partial charge is 0.462 e. The van der Waals surface area contributed by atoms with Gasteiger partial charge in [0.1, 0.15) is 11.6 Å². The number of carbonyl (C=O) groups is 1. The van der Waals surface area contributed by atoms with E-state index in [1.165, 1.54) is 44.9 Å². The minimum Gasteiger partial charge on any atom is -0.462 e. The lowest BCUT2D eigenvalue weighted by Crippen LogP contribution is -2.23. The Labute approximate surface area is 140 Å². The van der Waals surface area contributed by atoms with Gasteiger partial charge in [-0.2, -0.15) is 5.26 Å². The van der Waals surface area contributed by atoms with Crippen molar-refractivity contribution in [2.75, 3.05) is 19.7 Å². The molecular weight excluding hydrogens is 288 g/mol. The molecule has 0 atom stereocenters. The van der Waals surface area contributed by atoms with E-state index in [9.17, 15) is 4.79 Å². The van der Waals surface area contributed by atoms with Crippen LogP contribution < -0.4 is 0 Å². The molecule has 0 aromatic heterocycles. The molecular formula is C19H30N2O2. The number of carbonyl (C=O) groups excluding carboxylic acids is 1. The maximum absolute atomic E-state index is 11.8. The van der Waals surface area contributed by atoms with Gasteiger partial charge in [-0.25, -0.2) is 4.79 Å². The summed E-state index contributed by atoms with van der Waals surface area (Å²) in [4.78, 5) is 14.0. The Morgan fingerprint density at radius 1 is 1.13 bits per heavy atom. The van der Waals surface area contributed by atoms with Gasteiger partial charge in [-0.3, -0.25) is 0 Å². The molecule has 0 spiro atoms. The van der Waals surface area contributed by atoms with E-state index < -0.39 is 5.97 Å². The zero-order valence-corrected chi connectivity index (χ0v) is 14.4. The fourth-order valence-corrected chi connectivity index (χ4v) is 2.60. The third-order valence-corrected chi connectivity index (χ3v) is 4.02. The van der Waals surface area contributed by atoms with Gasteiger partial charge in [0.2, 0.25) is 0 Å². The summed E-state index contributed by atoms with van der Waals surface area (Å²) in [6.45, 7) is 4.69. The van der Waals surface area contributed by atoms with E-state index in [1.807, 2.05) is 12.3 Å². The predicted molar refractivity (Wildman–Crippen MR) is 92.6 cm³/mol. The third-order valence-electron chi connectivity index (χ3n) is 4.02. The van der Waals surface area contributed by atoms with Gasteiger partial charge in [0, 0.05) is 13.1 Å². The molecule has 1 aliphatic rings. The number of nitriles is 1. The summed E-state index contributed by atoms with van der Waals surface area (Å²) in [5.41, 5.74) is 0.0734. The van der Waals surface area contributed by atoms with Crippen LogP contribution in [0.5, 0.6) is 0 Å².